The summed E-state index contributed by atoms with van der Waals surface area (Å²) in [5.41, 5.74) is 2.12. The van der Waals surface area contributed by atoms with Gasteiger partial charge in [0.1, 0.15) is 24.0 Å². The van der Waals surface area contributed by atoms with Crippen LogP contribution < -0.4 is 9.64 Å². The van der Waals surface area contributed by atoms with E-state index < -0.39 is 14.4 Å². The van der Waals surface area contributed by atoms with Crippen LogP contribution in [-0.4, -0.2) is 43.9 Å². The van der Waals surface area contributed by atoms with Crippen LogP contribution in [0.15, 0.2) is 72.8 Å². The molecule has 214 valence electrons. The standard InChI is InChI=1S/C31H37F2NO5Si/c1-40(2,37)21-3-18-38-19-20-39-27-14-6-23(7-15-27)30-28(16-17-29(35)22-4-8-24(32)9-5-22)31(36)34(30)26-12-10-25(33)11-13-26/h4-15,28-30,35,37H,3,16-21H2,1-2H3/t28-,29+,30-/m1/s1. The lowest BCUT2D eigenvalue weighted by Gasteiger charge is -2.48. The van der Waals surface area contributed by atoms with Gasteiger partial charge in [-0.1, -0.05) is 24.3 Å². The molecule has 0 aliphatic carbocycles. The Morgan fingerprint density at radius 3 is 2.15 bits per heavy atom. The second-order valence-corrected chi connectivity index (χ2v) is 15.0. The number of anilines is 1. The zero-order valence-electron chi connectivity index (χ0n) is 22.9. The van der Waals surface area contributed by atoms with Crippen molar-refractivity contribution in [2.75, 3.05) is 24.7 Å². The van der Waals surface area contributed by atoms with Crippen molar-refractivity contribution in [2.45, 2.75) is 50.5 Å². The molecule has 40 heavy (non-hydrogen) atoms. The summed E-state index contributed by atoms with van der Waals surface area (Å²) in [6.07, 6.45) is 0.793. The third kappa shape index (κ3) is 7.97. The molecule has 0 aromatic heterocycles. The van der Waals surface area contributed by atoms with Crippen LogP contribution in [-0.2, 0) is 9.53 Å². The molecule has 4 rings (SSSR count). The number of halogens is 2. The summed E-state index contributed by atoms with van der Waals surface area (Å²) >= 11 is 0. The third-order valence-corrected chi connectivity index (χ3v) is 8.70. The number of aliphatic hydroxyl groups excluding tert-OH is 1. The van der Waals surface area contributed by atoms with Crippen LogP contribution in [0.1, 0.15) is 42.5 Å². The average molecular weight is 570 g/mol. The number of rotatable bonds is 14. The van der Waals surface area contributed by atoms with Crippen LogP contribution in [0.3, 0.4) is 0 Å². The maximum Gasteiger partial charge on any atom is 0.233 e. The molecule has 6 nitrogen and oxygen atoms in total. The fraction of sp³-hybridized carbons (Fsp3) is 0.387. The van der Waals surface area contributed by atoms with E-state index in [2.05, 4.69) is 0 Å². The first kappa shape index (κ1) is 29.9. The summed E-state index contributed by atoms with van der Waals surface area (Å²) in [5, 5.41) is 10.6. The van der Waals surface area contributed by atoms with E-state index in [1.165, 1.54) is 24.3 Å². The highest BCUT2D eigenvalue weighted by atomic mass is 28.4. The van der Waals surface area contributed by atoms with Gasteiger partial charge in [0, 0.05) is 12.3 Å². The Bertz CT molecular complexity index is 1230. The Kier molecular flexibility index (Phi) is 10.1. The second-order valence-electron chi connectivity index (χ2n) is 10.8. The highest BCUT2D eigenvalue weighted by molar-refractivity contribution is 6.69. The van der Waals surface area contributed by atoms with Crippen LogP contribution in [0.4, 0.5) is 14.5 Å². The Labute approximate surface area is 235 Å². The van der Waals surface area contributed by atoms with Crippen molar-refractivity contribution in [3.63, 3.8) is 0 Å². The fourth-order valence-corrected chi connectivity index (χ4v) is 5.99. The third-order valence-electron chi connectivity index (χ3n) is 7.12. The van der Waals surface area contributed by atoms with Gasteiger partial charge in [-0.15, -0.1) is 0 Å². The molecule has 1 aliphatic heterocycles. The molecule has 3 atom stereocenters. The largest absolute Gasteiger partial charge is 0.491 e. The van der Waals surface area contributed by atoms with Crippen molar-refractivity contribution in [3.05, 3.63) is 95.6 Å². The van der Waals surface area contributed by atoms with Gasteiger partial charge in [0.05, 0.1) is 24.7 Å². The van der Waals surface area contributed by atoms with E-state index >= 15 is 0 Å². The number of aliphatic hydroxyl groups is 1. The van der Waals surface area contributed by atoms with E-state index in [1.54, 1.807) is 29.2 Å². The van der Waals surface area contributed by atoms with E-state index in [4.69, 9.17) is 9.47 Å². The number of hydrogen-bond donors (Lipinski definition) is 2. The molecule has 0 bridgehead atoms. The number of β-lactam (4-membered cyclic amide) rings is 1. The summed E-state index contributed by atoms with van der Waals surface area (Å²) in [4.78, 5) is 24.8. The van der Waals surface area contributed by atoms with Gasteiger partial charge in [0.15, 0.2) is 8.32 Å². The number of nitrogens with zero attached hydrogens (tertiary/aromatic N) is 1. The summed E-state index contributed by atoms with van der Waals surface area (Å²) in [6.45, 7) is 5.26. The maximum atomic E-state index is 13.6. The molecule has 3 aromatic rings. The van der Waals surface area contributed by atoms with Crippen LogP contribution >= 0.6 is 0 Å². The zero-order chi connectivity index (χ0) is 28.7. The SMILES string of the molecule is C[Si](C)(O)CCCOCCOc1ccc([C@@H]2[C@@H](CC[C@H](O)c3ccc(F)cc3)C(=O)N2c2ccc(F)cc2)cc1. The molecule has 0 spiro atoms. The van der Waals surface area contributed by atoms with Crippen molar-refractivity contribution in [3.8, 4) is 5.75 Å². The van der Waals surface area contributed by atoms with Gasteiger partial charge >= 0.3 is 0 Å². The molecule has 1 aliphatic rings. The first-order valence-corrected chi connectivity index (χ1v) is 16.8. The van der Waals surface area contributed by atoms with Crippen molar-refractivity contribution >= 4 is 19.9 Å². The monoisotopic (exact) mass is 569 g/mol. The van der Waals surface area contributed by atoms with Gasteiger partial charge in [0.25, 0.3) is 0 Å². The van der Waals surface area contributed by atoms with Crippen LogP contribution in [0.25, 0.3) is 0 Å². The first-order chi connectivity index (χ1) is 19.1. The lowest BCUT2D eigenvalue weighted by molar-refractivity contribution is -0.131. The molecule has 9 heteroatoms. The summed E-state index contributed by atoms with van der Waals surface area (Å²) in [7, 11) is -2.04. The molecule has 0 saturated carbocycles. The van der Waals surface area contributed by atoms with Crippen molar-refractivity contribution in [1.29, 1.82) is 0 Å². The van der Waals surface area contributed by atoms with Gasteiger partial charge in [-0.2, -0.15) is 0 Å². The van der Waals surface area contributed by atoms with Crippen molar-refractivity contribution < 1.29 is 33.0 Å². The average Bonchev–Trinajstić information content (AvgIpc) is 2.92. The molecule has 1 saturated heterocycles. The van der Waals surface area contributed by atoms with Gasteiger partial charge in [-0.05, 0) is 98.1 Å². The van der Waals surface area contributed by atoms with E-state index in [1.807, 2.05) is 37.4 Å². The number of carbonyl (C=O) groups is 1. The van der Waals surface area contributed by atoms with E-state index in [-0.39, 0.29) is 29.5 Å². The predicted octanol–water partition coefficient (Wildman–Crippen LogP) is 6.17. The maximum absolute atomic E-state index is 13.6. The molecular weight excluding hydrogens is 532 g/mol. The fourth-order valence-electron chi connectivity index (χ4n) is 4.98. The highest BCUT2D eigenvalue weighted by Crippen LogP contribution is 2.46. The predicted molar refractivity (Wildman–Crippen MR) is 153 cm³/mol. The molecule has 1 fully saturated rings. The summed E-state index contributed by atoms with van der Waals surface area (Å²) < 4.78 is 38.2. The summed E-state index contributed by atoms with van der Waals surface area (Å²) in [5.74, 6) is -0.529. The number of carbonyl (C=O) groups excluding carboxylic acids is 1. The lowest BCUT2D eigenvalue weighted by Crippen LogP contribution is -2.55. The Hall–Kier alpha value is -3.11. The minimum atomic E-state index is -2.04. The number of hydrogen-bond acceptors (Lipinski definition) is 5. The van der Waals surface area contributed by atoms with Gasteiger partial charge in [-0.3, -0.25) is 4.79 Å². The van der Waals surface area contributed by atoms with Crippen LogP contribution in [0.2, 0.25) is 19.1 Å². The Morgan fingerprint density at radius 1 is 0.900 bits per heavy atom. The topological polar surface area (TPSA) is 79.2 Å². The molecular formula is C31H37F2NO5Si. The van der Waals surface area contributed by atoms with Crippen LogP contribution in [0.5, 0.6) is 5.75 Å². The number of ether oxygens (including phenoxy) is 2. The van der Waals surface area contributed by atoms with E-state index in [0.717, 1.165) is 18.0 Å². The Balaban J connectivity index is 1.38. The molecule has 1 heterocycles. The van der Waals surface area contributed by atoms with Crippen molar-refractivity contribution in [1.82, 2.24) is 0 Å². The van der Waals surface area contributed by atoms with Gasteiger partial charge < -0.3 is 24.3 Å². The second kappa shape index (κ2) is 13.5. The highest BCUT2D eigenvalue weighted by Gasteiger charge is 2.48. The molecule has 0 radical (unpaired) electrons. The smallest absolute Gasteiger partial charge is 0.233 e. The lowest BCUT2D eigenvalue weighted by atomic mass is 9.78. The molecule has 0 unspecified atom stereocenters. The number of benzene rings is 3. The van der Waals surface area contributed by atoms with Gasteiger partial charge in [-0.25, -0.2) is 8.78 Å². The quantitative estimate of drug-likeness (QED) is 0.138. The van der Waals surface area contributed by atoms with Crippen molar-refractivity contribution in [2.24, 2.45) is 5.92 Å². The normalized spacial score (nSPS) is 17.9. The first-order valence-electron chi connectivity index (χ1n) is 13.7. The number of amides is 1. The zero-order valence-corrected chi connectivity index (χ0v) is 23.9. The van der Waals surface area contributed by atoms with Gasteiger partial charge in [0.2, 0.25) is 5.91 Å². The molecule has 2 N–H and O–H groups in total. The minimum absolute atomic E-state index is 0.0901. The van der Waals surface area contributed by atoms with Crippen LogP contribution in [0, 0.1) is 17.6 Å². The Morgan fingerprint density at radius 2 is 1.52 bits per heavy atom. The molecule has 3 aromatic carbocycles. The summed E-state index contributed by atoms with van der Waals surface area (Å²) in [6, 6.07) is 19.6. The van der Waals surface area contributed by atoms with E-state index in [9.17, 15) is 23.5 Å². The molecule has 1 amide bonds. The van der Waals surface area contributed by atoms with E-state index in [0.29, 0.717) is 49.7 Å². The minimum Gasteiger partial charge on any atom is -0.491 e.